The second kappa shape index (κ2) is 6.07. The topological polar surface area (TPSA) is 73.5 Å². The number of piperazine rings is 1. The maximum Gasteiger partial charge on any atom is 0.252 e. The molecule has 0 unspecified atom stereocenters. The van der Waals surface area contributed by atoms with Gasteiger partial charge in [0.2, 0.25) is 10.0 Å². The molecule has 2 aromatic rings. The minimum atomic E-state index is -3.13. The molecule has 1 aromatic carbocycles. The molecule has 124 valence electrons. The van der Waals surface area contributed by atoms with Crippen LogP contribution in [-0.2, 0) is 16.6 Å². The zero-order chi connectivity index (χ0) is 16.6. The van der Waals surface area contributed by atoms with E-state index in [-0.39, 0.29) is 5.56 Å². The highest BCUT2D eigenvalue weighted by molar-refractivity contribution is 7.88. The van der Waals surface area contributed by atoms with Crippen LogP contribution in [0.25, 0.3) is 10.9 Å². The monoisotopic (exact) mass is 335 g/mol. The Hall–Kier alpha value is -1.70. The number of nitrogens with one attached hydrogen (secondary N) is 1. The van der Waals surface area contributed by atoms with Crippen LogP contribution in [-0.4, -0.2) is 55.0 Å². The van der Waals surface area contributed by atoms with Crippen LogP contribution in [0.5, 0.6) is 0 Å². The van der Waals surface area contributed by atoms with E-state index in [2.05, 4.69) is 9.88 Å². The first-order valence-electron chi connectivity index (χ1n) is 7.63. The van der Waals surface area contributed by atoms with Crippen molar-refractivity contribution >= 4 is 20.9 Å². The van der Waals surface area contributed by atoms with E-state index in [1.54, 1.807) is 0 Å². The number of hydrogen-bond acceptors (Lipinski definition) is 4. The predicted molar refractivity (Wildman–Crippen MR) is 91.0 cm³/mol. The number of sulfonamides is 1. The molecule has 0 bridgehead atoms. The number of pyridine rings is 1. The molecule has 1 aliphatic heterocycles. The molecule has 0 radical (unpaired) electrons. The van der Waals surface area contributed by atoms with Gasteiger partial charge in [0.25, 0.3) is 5.56 Å². The summed E-state index contributed by atoms with van der Waals surface area (Å²) in [7, 11) is -3.13. The van der Waals surface area contributed by atoms with Crippen molar-refractivity contribution in [2.45, 2.75) is 13.5 Å². The van der Waals surface area contributed by atoms with Gasteiger partial charge in [-0.15, -0.1) is 0 Å². The van der Waals surface area contributed by atoms with Crippen LogP contribution in [0.15, 0.2) is 29.1 Å². The van der Waals surface area contributed by atoms with Crippen LogP contribution in [0.4, 0.5) is 0 Å². The number of rotatable bonds is 3. The molecule has 1 aliphatic rings. The number of aromatic nitrogens is 1. The molecule has 23 heavy (non-hydrogen) atoms. The van der Waals surface area contributed by atoms with Gasteiger partial charge < -0.3 is 4.98 Å². The third-order valence-corrected chi connectivity index (χ3v) is 5.66. The van der Waals surface area contributed by atoms with Crippen molar-refractivity contribution in [2.75, 3.05) is 32.4 Å². The van der Waals surface area contributed by atoms with Crippen LogP contribution in [0.1, 0.15) is 11.1 Å². The van der Waals surface area contributed by atoms with Crippen molar-refractivity contribution in [2.24, 2.45) is 0 Å². The van der Waals surface area contributed by atoms with E-state index in [4.69, 9.17) is 0 Å². The smallest absolute Gasteiger partial charge is 0.252 e. The van der Waals surface area contributed by atoms with E-state index >= 15 is 0 Å². The molecular weight excluding hydrogens is 314 g/mol. The Balaban J connectivity index is 1.78. The molecule has 0 spiro atoms. The molecule has 0 saturated carbocycles. The molecule has 3 rings (SSSR count). The Morgan fingerprint density at radius 3 is 2.52 bits per heavy atom. The zero-order valence-electron chi connectivity index (χ0n) is 13.4. The fourth-order valence-electron chi connectivity index (χ4n) is 3.01. The van der Waals surface area contributed by atoms with E-state index in [0.29, 0.717) is 32.7 Å². The molecule has 1 aromatic heterocycles. The molecule has 0 atom stereocenters. The van der Waals surface area contributed by atoms with Gasteiger partial charge in [0.15, 0.2) is 0 Å². The van der Waals surface area contributed by atoms with Crippen molar-refractivity contribution < 1.29 is 8.42 Å². The normalized spacial score (nSPS) is 17.7. The second-order valence-corrected chi connectivity index (χ2v) is 8.08. The van der Waals surface area contributed by atoms with Crippen molar-refractivity contribution in [1.82, 2.24) is 14.2 Å². The second-order valence-electron chi connectivity index (χ2n) is 6.10. The summed E-state index contributed by atoms with van der Waals surface area (Å²) in [6.45, 7) is 4.74. The number of benzene rings is 1. The van der Waals surface area contributed by atoms with Crippen molar-refractivity contribution in [3.05, 3.63) is 45.7 Å². The van der Waals surface area contributed by atoms with Gasteiger partial charge in [-0.3, -0.25) is 9.69 Å². The molecule has 0 amide bonds. The van der Waals surface area contributed by atoms with Crippen LogP contribution >= 0.6 is 0 Å². The first-order valence-corrected chi connectivity index (χ1v) is 9.48. The first kappa shape index (κ1) is 16.2. The fourth-order valence-corrected chi connectivity index (χ4v) is 3.83. The highest BCUT2D eigenvalue weighted by atomic mass is 32.2. The lowest BCUT2D eigenvalue weighted by atomic mass is 10.1. The molecule has 0 aliphatic carbocycles. The lowest BCUT2D eigenvalue weighted by Gasteiger charge is -2.33. The maximum atomic E-state index is 12.3. The van der Waals surface area contributed by atoms with Gasteiger partial charge in [-0.05, 0) is 23.9 Å². The summed E-state index contributed by atoms with van der Waals surface area (Å²) in [4.78, 5) is 17.4. The van der Waals surface area contributed by atoms with Gasteiger partial charge in [0.05, 0.1) is 11.8 Å². The molecule has 7 heteroatoms. The maximum absolute atomic E-state index is 12.3. The number of para-hydroxylation sites is 1. The third-order valence-electron chi connectivity index (χ3n) is 4.36. The molecular formula is C16H21N3O3S. The number of H-pyrrole nitrogens is 1. The van der Waals surface area contributed by atoms with E-state index < -0.39 is 10.0 Å². The molecule has 1 fully saturated rings. The number of hydrogen-bond donors (Lipinski definition) is 1. The van der Waals surface area contributed by atoms with E-state index in [9.17, 15) is 13.2 Å². The standard InChI is InChI=1S/C16H21N3O3S/c1-12-4-3-5-13-10-14(16(20)17-15(12)13)11-18-6-8-19(9-7-18)23(2,21)22/h3-5,10H,6-9,11H2,1-2H3,(H,17,20). The average Bonchev–Trinajstić information content (AvgIpc) is 2.49. The quantitative estimate of drug-likeness (QED) is 0.905. The molecule has 2 heterocycles. The van der Waals surface area contributed by atoms with Gasteiger partial charge in [-0.25, -0.2) is 8.42 Å². The largest absolute Gasteiger partial charge is 0.321 e. The Bertz CT molecular complexity index is 881. The van der Waals surface area contributed by atoms with E-state index in [0.717, 1.165) is 22.0 Å². The summed E-state index contributed by atoms with van der Waals surface area (Å²) in [6, 6.07) is 7.88. The van der Waals surface area contributed by atoms with Crippen LogP contribution in [0.3, 0.4) is 0 Å². The van der Waals surface area contributed by atoms with E-state index in [1.807, 2.05) is 31.2 Å². The Morgan fingerprint density at radius 1 is 1.17 bits per heavy atom. The minimum absolute atomic E-state index is 0.0719. The van der Waals surface area contributed by atoms with Crippen molar-refractivity contribution in [3.63, 3.8) is 0 Å². The van der Waals surface area contributed by atoms with Crippen LogP contribution in [0.2, 0.25) is 0 Å². The third kappa shape index (κ3) is 3.46. The van der Waals surface area contributed by atoms with Gasteiger partial charge in [-0.1, -0.05) is 18.2 Å². The molecule has 1 saturated heterocycles. The summed E-state index contributed by atoms with van der Waals surface area (Å²) in [6.07, 6.45) is 1.24. The summed E-state index contributed by atoms with van der Waals surface area (Å²) in [5, 5.41) is 1.02. The molecule has 6 nitrogen and oxygen atoms in total. The Kier molecular flexibility index (Phi) is 4.27. The summed E-state index contributed by atoms with van der Waals surface area (Å²) >= 11 is 0. The van der Waals surface area contributed by atoms with Gasteiger partial charge in [-0.2, -0.15) is 4.31 Å². The van der Waals surface area contributed by atoms with Gasteiger partial charge >= 0.3 is 0 Å². The zero-order valence-corrected chi connectivity index (χ0v) is 14.2. The van der Waals surface area contributed by atoms with Crippen molar-refractivity contribution in [1.29, 1.82) is 0 Å². The minimum Gasteiger partial charge on any atom is -0.321 e. The number of aromatic amines is 1. The first-order chi connectivity index (χ1) is 10.8. The fraction of sp³-hybridized carbons (Fsp3) is 0.438. The summed E-state index contributed by atoms with van der Waals surface area (Å²) in [5.74, 6) is 0. The SMILES string of the molecule is Cc1cccc2cc(CN3CCN(S(C)(=O)=O)CC3)c(=O)[nH]c12. The highest BCUT2D eigenvalue weighted by Crippen LogP contribution is 2.16. The predicted octanol–water partition coefficient (Wildman–Crippen LogP) is 0.914. The Labute approximate surface area is 135 Å². The number of fused-ring (bicyclic) bond motifs is 1. The summed E-state index contributed by atoms with van der Waals surface area (Å²) in [5.41, 5.74) is 2.57. The van der Waals surface area contributed by atoms with Crippen molar-refractivity contribution in [3.8, 4) is 0 Å². The van der Waals surface area contributed by atoms with Crippen LogP contribution < -0.4 is 5.56 Å². The highest BCUT2D eigenvalue weighted by Gasteiger charge is 2.23. The van der Waals surface area contributed by atoms with Gasteiger partial charge in [0, 0.05) is 38.3 Å². The van der Waals surface area contributed by atoms with E-state index in [1.165, 1.54) is 10.6 Å². The summed E-state index contributed by atoms with van der Waals surface area (Å²) < 4.78 is 24.6. The number of nitrogens with zero attached hydrogens (tertiary/aromatic N) is 2. The lowest BCUT2D eigenvalue weighted by Crippen LogP contribution is -2.48. The number of aryl methyl sites for hydroxylation is 1. The van der Waals surface area contributed by atoms with Gasteiger partial charge in [0.1, 0.15) is 0 Å². The average molecular weight is 335 g/mol. The molecule has 1 N–H and O–H groups in total. The lowest BCUT2D eigenvalue weighted by molar-refractivity contribution is 0.181. The van der Waals surface area contributed by atoms with Crippen LogP contribution in [0, 0.1) is 6.92 Å². The Morgan fingerprint density at radius 2 is 1.87 bits per heavy atom.